The lowest BCUT2D eigenvalue weighted by molar-refractivity contribution is -0.120. The van der Waals surface area contributed by atoms with Crippen LogP contribution < -0.4 is 10.0 Å². The first-order chi connectivity index (χ1) is 12.4. The number of hydrogen-bond acceptors (Lipinski definition) is 4. The van der Waals surface area contributed by atoms with Crippen molar-refractivity contribution in [2.45, 2.75) is 52.0 Å². The highest BCUT2D eigenvalue weighted by molar-refractivity contribution is 8.00. The quantitative estimate of drug-likeness (QED) is 0.828. The summed E-state index contributed by atoms with van der Waals surface area (Å²) in [4.78, 5) is 16.5. The third-order valence-electron chi connectivity index (χ3n) is 4.92. The fraction of sp³-hybridized carbons (Fsp3) is 0.474. The summed E-state index contributed by atoms with van der Waals surface area (Å²) in [6.07, 6.45) is 5.19. The van der Waals surface area contributed by atoms with Crippen molar-refractivity contribution in [1.29, 1.82) is 0 Å². The van der Waals surface area contributed by atoms with Gasteiger partial charge in [-0.3, -0.25) is 14.5 Å². The van der Waals surface area contributed by atoms with Crippen LogP contribution in [0.15, 0.2) is 34.8 Å². The highest BCUT2D eigenvalue weighted by Crippen LogP contribution is 2.30. The molecule has 1 aliphatic heterocycles. The van der Waals surface area contributed by atoms with E-state index in [-0.39, 0.29) is 29.2 Å². The lowest BCUT2D eigenvalue weighted by Gasteiger charge is -2.10. The van der Waals surface area contributed by atoms with E-state index in [0.717, 1.165) is 37.7 Å². The minimum atomic E-state index is -3.66. The van der Waals surface area contributed by atoms with Crippen molar-refractivity contribution in [2.24, 2.45) is 4.99 Å². The van der Waals surface area contributed by atoms with Crippen LogP contribution in [0, 0.1) is 0 Å². The Hall–Kier alpha value is -2.15. The van der Waals surface area contributed by atoms with Crippen LogP contribution in [-0.4, -0.2) is 32.7 Å². The molecule has 0 bridgehead atoms. The number of hydrogen-bond donors (Lipinski definition) is 2. The number of carbonyl (C=O) groups is 1. The summed E-state index contributed by atoms with van der Waals surface area (Å²) in [6.45, 7) is 3.69. The molecule has 3 rings (SSSR count). The molecule has 2 N–H and O–H groups in total. The largest absolute Gasteiger partial charge is 0.352 e. The third kappa shape index (κ3) is 3.98. The van der Waals surface area contributed by atoms with E-state index in [2.05, 4.69) is 22.0 Å². The second-order valence-electron chi connectivity index (χ2n) is 6.82. The topological polar surface area (TPSA) is 87.6 Å². The maximum absolute atomic E-state index is 12.5. The lowest BCUT2D eigenvalue weighted by atomic mass is 10.1. The normalized spacial score (nSPS) is 21.2. The Morgan fingerprint density at radius 2 is 1.88 bits per heavy atom. The average Bonchev–Trinajstić information content (AvgIpc) is 3.19. The number of nitrogens with zero attached hydrogens (tertiary/aromatic N) is 1. The van der Waals surface area contributed by atoms with Crippen molar-refractivity contribution >= 4 is 26.7 Å². The summed E-state index contributed by atoms with van der Waals surface area (Å²) in [5.74, 6) is 0.0817. The molecule has 1 saturated carbocycles. The van der Waals surface area contributed by atoms with Crippen molar-refractivity contribution in [2.75, 3.05) is 6.54 Å². The van der Waals surface area contributed by atoms with Crippen molar-refractivity contribution < 1.29 is 13.2 Å². The molecule has 0 atom stereocenters. The molecule has 1 aromatic rings. The SMILES string of the molecule is CCc1ccc(C2=C(C)C(=NCC(=O)NC3CCCC3)NS2(=O)=O)cc1. The van der Waals surface area contributed by atoms with E-state index in [0.29, 0.717) is 11.1 Å². The standard InChI is InChI=1S/C19H25N3O3S/c1-3-14-8-10-15(11-9-14)18-13(2)19(22-26(18,24)25)20-12-17(23)21-16-6-4-5-7-16/h8-11,16H,3-7,12H2,1-2H3,(H,20,22)(H,21,23). The Morgan fingerprint density at radius 1 is 1.23 bits per heavy atom. The number of aryl methyl sites for hydroxylation is 1. The van der Waals surface area contributed by atoms with E-state index >= 15 is 0 Å². The summed E-state index contributed by atoms with van der Waals surface area (Å²) < 4.78 is 27.5. The zero-order valence-electron chi connectivity index (χ0n) is 15.2. The first-order valence-electron chi connectivity index (χ1n) is 9.08. The highest BCUT2D eigenvalue weighted by atomic mass is 32.2. The Morgan fingerprint density at radius 3 is 2.50 bits per heavy atom. The van der Waals surface area contributed by atoms with Gasteiger partial charge in [0, 0.05) is 11.6 Å². The number of aliphatic imine (C=N–C) groups is 1. The van der Waals surface area contributed by atoms with Gasteiger partial charge in [0.2, 0.25) is 5.91 Å². The van der Waals surface area contributed by atoms with Gasteiger partial charge in [-0.25, -0.2) is 8.42 Å². The smallest absolute Gasteiger partial charge is 0.264 e. The molecule has 1 heterocycles. The van der Waals surface area contributed by atoms with Crippen LogP contribution >= 0.6 is 0 Å². The summed E-state index contributed by atoms with van der Waals surface area (Å²) >= 11 is 0. The van der Waals surface area contributed by atoms with E-state index in [9.17, 15) is 13.2 Å². The molecule has 0 aromatic heterocycles. The first-order valence-corrected chi connectivity index (χ1v) is 10.6. The molecular formula is C19H25N3O3S. The Bertz CT molecular complexity index is 849. The predicted molar refractivity (Wildman–Crippen MR) is 103 cm³/mol. The van der Waals surface area contributed by atoms with Gasteiger partial charge in [0.1, 0.15) is 17.3 Å². The Kier molecular flexibility index (Phi) is 5.46. The molecule has 0 spiro atoms. The fourth-order valence-electron chi connectivity index (χ4n) is 3.47. The third-order valence-corrected chi connectivity index (χ3v) is 6.46. The molecule has 1 aliphatic carbocycles. The molecule has 0 radical (unpaired) electrons. The summed E-state index contributed by atoms with van der Waals surface area (Å²) in [5.41, 5.74) is 2.32. The molecule has 0 unspecified atom stereocenters. The molecule has 1 fully saturated rings. The van der Waals surface area contributed by atoms with Gasteiger partial charge in [0.25, 0.3) is 10.0 Å². The molecular weight excluding hydrogens is 350 g/mol. The van der Waals surface area contributed by atoms with Gasteiger partial charge >= 0.3 is 0 Å². The lowest BCUT2D eigenvalue weighted by Crippen LogP contribution is -2.35. The van der Waals surface area contributed by atoms with Gasteiger partial charge < -0.3 is 5.32 Å². The zero-order valence-corrected chi connectivity index (χ0v) is 16.0. The second kappa shape index (κ2) is 7.61. The second-order valence-corrected chi connectivity index (χ2v) is 8.44. The molecule has 7 heteroatoms. The minimum absolute atomic E-state index is 0.0756. The highest BCUT2D eigenvalue weighted by Gasteiger charge is 2.32. The van der Waals surface area contributed by atoms with Crippen LogP contribution in [0.2, 0.25) is 0 Å². The van der Waals surface area contributed by atoms with Crippen LogP contribution in [0.5, 0.6) is 0 Å². The van der Waals surface area contributed by atoms with Crippen molar-refractivity contribution in [3.63, 3.8) is 0 Å². The zero-order chi connectivity index (χ0) is 18.7. The van der Waals surface area contributed by atoms with E-state index in [1.807, 2.05) is 24.3 Å². The van der Waals surface area contributed by atoms with Crippen LogP contribution in [0.1, 0.15) is 50.7 Å². The molecule has 0 saturated heterocycles. The van der Waals surface area contributed by atoms with E-state index < -0.39 is 10.0 Å². The maximum Gasteiger partial charge on any atom is 0.264 e. The van der Waals surface area contributed by atoms with Gasteiger partial charge in [-0.05, 0) is 37.3 Å². The van der Waals surface area contributed by atoms with Gasteiger partial charge in [-0.15, -0.1) is 0 Å². The van der Waals surface area contributed by atoms with Crippen molar-refractivity contribution in [3.05, 3.63) is 41.0 Å². The van der Waals surface area contributed by atoms with Crippen LogP contribution in [0.25, 0.3) is 4.91 Å². The van der Waals surface area contributed by atoms with Crippen LogP contribution in [0.3, 0.4) is 0 Å². The van der Waals surface area contributed by atoms with Gasteiger partial charge in [0.15, 0.2) is 0 Å². The van der Waals surface area contributed by atoms with Gasteiger partial charge in [-0.2, -0.15) is 0 Å². The molecule has 1 amide bonds. The van der Waals surface area contributed by atoms with Crippen molar-refractivity contribution in [1.82, 2.24) is 10.0 Å². The number of rotatable bonds is 5. The fourth-order valence-corrected chi connectivity index (χ4v) is 4.99. The molecule has 6 nitrogen and oxygen atoms in total. The number of amides is 1. The monoisotopic (exact) mass is 375 g/mol. The molecule has 1 aromatic carbocycles. The first kappa shape index (κ1) is 18.6. The number of amidine groups is 1. The molecule has 140 valence electrons. The number of carbonyl (C=O) groups excluding carboxylic acids is 1. The molecule has 2 aliphatic rings. The summed E-state index contributed by atoms with van der Waals surface area (Å²) in [5, 5.41) is 2.95. The van der Waals surface area contributed by atoms with Gasteiger partial charge in [-0.1, -0.05) is 44.0 Å². The van der Waals surface area contributed by atoms with Crippen molar-refractivity contribution in [3.8, 4) is 0 Å². The van der Waals surface area contributed by atoms with E-state index in [1.165, 1.54) is 0 Å². The summed E-state index contributed by atoms with van der Waals surface area (Å²) in [7, 11) is -3.66. The average molecular weight is 375 g/mol. The number of nitrogens with one attached hydrogen (secondary N) is 2. The van der Waals surface area contributed by atoms with Crippen LogP contribution in [0.4, 0.5) is 0 Å². The van der Waals surface area contributed by atoms with Crippen LogP contribution in [-0.2, 0) is 21.2 Å². The number of benzene rings is 1. The van der Waals surface area contributed by atoms with E-state index in [4.69, 9.17) is 0 Å². The van der Waals surface area contributed by atoms with E-state index in [1.54, 1.807) is 6.92 Å². The summed E-state index contributed by atoms with van der Waals surface area (Å²) in [6, 6.07) is 7.71. The van der Waals surface area contributed by atoms with Gasteiger partial charge in [0.05, 0.1) is 0 Å². The maximum atomic E-state index is 12.5. The molecule has 26 heavy (non-hydrogen) atoms. The Labute approximate surface area is 154 Å². The minimum Gasteiger partial charge on any atom is -0.352 e. The number of sulfonamides is 1. The Balaban J connectivity index is 1.78. The predicted octanol–water partition coefficient (Wildman–Crippen LogP) is 2.37.